The highest BCUT2D eigenvalue weighted by atomic mass is 19.4. The molecule has 0 fully saturated rings. The molecule has 0 aliphatic heterocycles. The van der Waals surface area contributed by atoms with Crippen molar-refractivity contribution >= 4 is 5.91 Å². The second-order valence-corrected chi connectivity index (χ2v) is 4.41. The lowest BCUT2D eigenvalue weighted by Gasteiger charge is -2.20. The molecule has 0 radical (unpaired) electrons. The summed E-state index contributed by atoms with van der Waals surface area (Å²) >= 11 is 0. The normalized spacial score (nSPS) is 11.7. The van der Waals surface area contributed by atoms with Gasteiger partial charge in [0.15, 0.2) is 0 Å². The molecule has 0 saturated carbocycles. The molecule has 3 nitrogen and oxygen atoms in total. The zero-order chi connectivity index (χ0) is 15.2. The summed E-state index contributed by atoms with van der Waals surface area (Å²) in [5.41, 5.74) is 1.63. The summed E-state index contributed by atoms with van der Waals surface area (Å²) in [6.07, 6.45) is -4.84. The summed E-state index contributed by atoms with van der Waals surface area (Å²) < 4.78 is 36.5. The molecule has 0 atom stereocenters. The lowest BCUT2D eigenvalue weighted by atomic mass is 10.1. The van der Waals surface area contributed by atoms with E-state index in [1.165, 1.54) is 0 Å². The number of nitrogens with zero attached hydrogens (tertiary/aromatic N) is 1. The highest BCUT2D eigenvalue weighted by Gasteiger charge is 2.38. The lowest BCUT2D eigenvalue weighted by Crippen LogP contribution is -2.36. The maximum atomic E-state index is 12.2. The van der Waals surface area contributed by atoms with E-state index in [4.69, 9.17) is 0 Å². The predicted molar refractivity (Wildman–Crippen MR) is 71.0 cm³/mol. The van der Waals surface area contributed by atoms with Crippen molar-refractivity contribution in [2.45, 2.75) is 33.1 Å². The van der Waals surface area contributed by atoms with Crippen molar-refractivity contribution in [3.8, 4) is 0 Å². The van der Waals surface area contributed by atoms with Crippen molar-refractivity contribution in [3.63, 3.8) is 0 Å². The first kappa shape index (κ1) is 16.5. The highest BCUT2D eigenvalue weighted by molar-refractivity contribution is 5.81. The number of rotatable bonds is 6. The quantitative estimate of drug-likeness (QED) is 0.873. The van der Waals surface area contributed by atoms with Crippen LogP contribution in [0.15, 0.2) is 24.3 Å². The summed E-state index contributed by atoms with van der Waals surface area (Å²) in [6.45, 7) is 6.31. The third kappa shape index (κ3) is 4.85. The Bertz CT molecular complexity index is 442. The van der Waals surface area contributed by atoms with E-state index in [-0.39, 0.29) is 6.54 Å². The lowest BCUT2D eigenvalue weighted by molar-refractivity contribution is -0.173. The monoisotopic (exact) mass is 288 g/mol. The second-order valence-electron chi connectivity index (χ2n) is 4.41. The van der Waals surface area contributed by atoms with E-state index in [1.807, 2.05) is 31.3 Å². The number of carbonyl (C=O) groups excluding carboxylic acids is 1. The number of hydrogen-bond donors (Lipinski definition) is 1. The van der Waals surface area contributed by atoms with Crippen LogP contribution in [0.4, 0.5) is 13.2 Å². The first-order valence-corrected chi connectivity index (χ1v) is 6.52. The Morgan fingerprint density at radius 2 is 1.70 bits per heavy atom. The van der Waals surface area contributed by atoms with Crippen molar-refractivity contribution in [2.24, 2.45) is 0 Å². The van der Waals surface area contributed by atoms with Crippen LogP contribution in [0.3, 0.4) is 0 Å². The van der Waals surface area contributed by atoms with Gasteiger partial charge in [0.2, 0.25) is 0 Å². The Hall–Kier alpha value is -1.56. The van der Waals surface area contributed by atoms with Gasteiger partial charge >= 0.3 is 12.1 Å². The SMILES string of the molecule is CCN(CC)Cc1ccccc1CNC(=O)C(F)(F)F. The number of benzene rings is 1. The van der Waals surface area contributed by atoms with Crippen molar-refractivity contribution in [1.29, 1.82) is 0 Å². The molecule has 0 unspecified atom stereocenters. The minimum absolute atomic E-state index is 0.115. The van der Waals surface area contributed by atoms with Crippen LogP contribution in [0, 0.1) is 0 Å². The maximum Gasteiger partial charge on any atom is 0.471 e. The Labute approximate surface area is 116 Å². The first-order chi connectivity index (χ1) is 9.38. The van der Waals surface area contributed by atoms with Gasteiger partial charge in [0.25, 0.3) is 0 Å². The van der Waals surface area contributed by atoms with Gasteiger partial charge in [0.1, 0.15) is 0 Å². The van der Waals surface area contributed by atoms with E-state index in [0.717, 1.165) is 18.7 Å². The van der Waals surface area contributed by atoms with Crippen molar-refractivity contribution in [1.82, 2.24) is 10.2 Å². The summed E-state index contributed by atoms with van der Waals surface area (Å²) in [5, 5.41) is 1.91. The van der Waals surface area contributed by atoms with E-state index in [1.54, 1.807) is 12.1 Å². The molecule has 20 heavy (non-hydrogen) atoms. The molecule has 1 N–H and O–H groups in total. The van der Waals surface area contributed by atoms with Crippen molar-refractivity contribution in [2.75, 3.05) is 13.1 Å². The van der Waals surface area contributed by atoms with E-state index in [2.05, 4.69) is 4.90 Å². The van der Waals surface area contributed by atoms with Gasteiger partial charge in [-0.15, -0.1) is 0 Å². The summed E-state index contributed by atoms with van der Waals surface area (Å²) in [4.78, 5) is 13.0. The standard InChI is InChI=1S/C14H19F3N2O/c1-3-19(4-2)10-12-8-6-5-7-11(12)9-18-13(20)14(15,16)17/h5-8H,3-4,9-10H2,1-2H3,(H,18,20). The topological polar surface area (TPSA) is 32.3 Å². The molecule has 0 aromatic heterocycles. The molecule has 0 bridgehead atoms. The van der Waals surface area contributed by atoms with Crippen LogP contribution in [0.1, 0.15) is 25.0 Å². The van der Waals surface area contributed by atoms with Crippen LogP contribution in [0.25, 0.3) is 0 Å². The van der Waals surface area contributed by atoms with Gasteiger partial charge in [-0.3, -0.25) is 9.69 Å². The molecule has 0 spiro atoms. The maximum absolute atomic E-state index is 12.2. The Balaban J connectivity index is 2.73. The molecule has 112 valence electrons. The molecular formula is C14H19F3N2O. The average molecular weight is 288 g/mol. The molecule has 0 aliphatic carbocycles. The minimum atomic E-state index is -4.84. The molecule has 1 aromatic rings. The second kappa shape index (κ2) is 7.28. The summed E-state index contributed by atoms with van der Waals surface area (Å²) in [6, 6.07) is 7.19. The highest BCUT2D eigenvalue weighted by Crippen LogP contribution is 2.16. The molecule has 1 aromatic carbocycles. The molecule has 1 amide bonds. The van der Waals surface area contributed by atoms with Gasteiger partial charge in [0, 0.05) is 13.1 Å². The average Bonchev–Trinajstić information content (AvgIpc) is 2.42. The Morgan fingerprint density at radius 1 is 1.15 bits per heavy atom. The minimum Gasteiger partial charge on any atom is -0.344 e. The van der Waals surface area contributed by atoms with Crippen LogP contribution in [0.5, 0.6) is 0 Å². The number of carbonyl (C=O) groups is 1. The first-order valence-electron chi connectivity index (χ1n) is 6.52. The predicted octanol–water partition coefficient (Wildman–Crippen LogP) is 2.71. The van der Waals surface area contributed by atoms with Crippen molar-refractivity contribution < 1.29 is 18.0 Å². The van der Waals surface area contributed by atoms with Gasteiger partial charge in [-0.05, 0) is 24.2 Å². The third-order valence-electron chi connectivity index (χ3n) is 3.10. The molecule has 6 heteroatoms. The number of nitrogens with one attached hydrogen (secondary N) is 1. The molecule has 0 heterocycles. The fourth-order valence-electron chi connectivity index (χ4n) is 1.85. The van der Waals surface area contributed by atoms with Gasteiger partial charge in [-0.2, -0.15) is 13.2 Å². The van der Waals surface area contributed by atoms with Crippen LogP contribution in [0.2, 0.25) is 0 Å². The zero-order valence-corrected chi connectivity index (χ0v) is 11.6. The number of halogens is 3. The van der Waals surface area contributed by atoms with Crippen LogP contribution < -0.4 is 5.32 Å². The fourth-order valence-corrected chi connectivity index (χ4v) is 1.85. The van der Waals surface area contributed by atoms with E-state index >= 15 is 0 Å². The number of alkyl halides is 3. The van der Waals surface area contributed by atoms with E-state index < -0.39 is 12.1 Å². The van der Waals surface area contributed by atoms with Gasteiger partial charge in [-0.1, -0.05) is 38.1 Å². The van der Waals surface area contributed by atoms with E-state index in [0.29, 0.717) is 12.1 Å². The Morgan fingerprint density at radius 3 is 2.20 bits per heavy atom. The molecular weight excluding hydrogens is 269 g/mol. The van der Waals surface area contributed by atoms with Gasteiger partial charge in [0.05, 0.1) is 0 Å². The third-order valence-corrected chi connectivity index (χ3v) is 3.10. The molecule has 0 aliphatic rings. The van der Waals surface area contributed by atoms with Crippen molar-refractivity contribution in [3.05, 3.63) is 35.4 Å². The summed E-state index contributed by atoms with van der Waals surface area (Å²) in [5.74, 6) is -1.91. The zero-order valence-electron chi connectivity index (χ0n) is 11.6. The Kier molecular flexibility index (Phi) is 6.01. The number of hydrogen-bond acceptors (Lipinski definition) is 2. The summed E-state index contributed by atoms with van der Waals surface area (Å²) in [7, 11) is 0. The fraction of sp³-hybridized carbons (Fsp3) is 0.500. The number of amides is 1. The van der Waals surface area contributed by atoms with Crippen LogP contribution in [-0.4, -0.2) is 30.1 Å². The van der Waals surface area contributed by atoms with Crippen LogP contribution >= 0.6 is 0 Å². The van der Waals surface area contributed by atoms with Gasteiger partial charge < -0.3 is 5.32 Å². The van der Waals surface area contributed by atoms with Crippen LogP contribution in [-0.2, 0) is 17.9 Å². The largest absolute Gasteiger partial charge is 0.471 e. The molecule has 1 rings (SSSR count). The van der Waals surface area contributed by atoms with E-state index in [9.17, 15) is 18.0 Å². The smallest absolute Gasteiger partial charge is 0.344 e. The molecule has 0 saturated heterocycles. The van der Waals surface area contributed by atoms with Gasteiger partial charge in [-0.25, -0.2) is 0 Å².